The second-order valence-electron chi connectivity index (χ2n) is 4.05. The zero-order valence-corrected chi connectivity index (χ0v) is 9.10. The maximum absolute atomic E-state index is 9.22. The highest BCUT2D eigenvalue weighted by Crippen LogP contribution is 2.37. The van der Waals surface area contributed by atoms with Gasteiger partial charge in [-0.15, -0.1) is 0 Å². The van der Waals surface area contributed by atoms with Gasteiger partial charge in [-0.05, 0) is 24.7 Å². The third-order valence-corrected chi connectivity index (χ3v) is 3.14. The van der Waals surface area contributed by atoms with Gasteiger partial charge >= 0.3 is 8.60 Å². The SMILES string of the molecule is CC1CC([C@@H](N)C[C@H](O)OP(O)O)C1. The lowest BCUT2D eigenvalue weighted by Crippen LogP contribution is -2.40. The monoisotopic (exact) mass is 223 g/mol. The summed E-state index contributed by atoms with van der Waals surface area (Å²) in [4.78, 5) is 17.0. The first-order chi connectivity index (χ1) is 6.49. The highest BCUT2D eigenvalue weighted by molar-refractivity contribution is 7.39. The van der Waals surface area contributed by atoms with Crippen molar-refractivity contribution >= 4 is 8.60 Å². The molecule has 0 spiro atoms. The van der Waals surface area contributed by atoms with E-state index in [1.54, 1.807) is 0 Å². The molecule has 1 saturated carbocycles. The third kappa shape index (κ3) is 3.77. The molecule has 0 aliphatic heterocycles. The molecule has 0 aromatic rings. The number of hydrogen-bond donors (Lipinski definition) is 4. The number of nitrogens with two attached hydrogens (primary N) is 1. The molecule has 0 amide bonds. The second kappa shape index (κ2) is 5.35. The van der Waals surface area contributed by atoms with Crippen molar-refractivity contribution in [2.75, 3.05) is 0 Å². The minimum atomic E-state index is -2.49. The Morgan fingerprint density at radius 1 is 1.50 bits per heavy atom. The molecule has 0 radical (unpaired) electrons. The Balaban J connectivity index is 2.16. The van der Waals surface area contributed by atoms with Crippen LogP contribution in [0.4, 0.5) is 0 Å². The standard InChI is InChI=1S/C8H18NO4P/c1-5-2-6(3-5)7(9)4-8(10)13-14(11)12/h5-8,10-12H,2-4,9H2,1H3/t5?,6?,7-,8+/m0/s1. The van der Waals surface area contributed by atoms with E-state index in [0.717, 1.165) is 18.8 Å². The quantitative estimate of drug-likeness (QED) is 0.397. The number of aliphatic hydroxyl groups is 1. The Labute approximate surface area is 84.9 Å². The van der Waals surface area contributed by atoms with E-state index in [0.29, 0.717) is 5.92 Å². The fourth-order valence-corrected chi connectivity index (χ4v) is 2.20. The van der Waals surface area contributed by atoms with Crippen LogP contribution in [-0.4, -0.2) is 27.2 Å². The summed E-state index contributed by atoms with van der Waals surface area (Å²) in [6, 6.07) is -0.115. The Morgan fingerprint density at radius 3 is 2.50 bits per heavy atom. The van der Waals surface area contributed by atoms with Crippen molar-refractivity contribution in [2.24, 2.45) is 17.6 Å². The minimum absolute atomic E-state index is 0.115. The van der Waals surface area contributed by atoms with Crippen LogP contribution in [0.15, 0.2) is 0 Å². The predicted molar refractivity (Wildman–Crippen MR) is 52.9 cm³/mol. The maximum atomic E-state index is 9.22. The molecular weight excluding hydrogens is 205 g/mol. The fourth-order valence-electron chi connectivity index (χ4n) is 1.89. The minimum Gasteiger partial charge on any atom is -0.367 e. The molecule has 1 aliphatic carbocycles. The molecule has 84 valence electrons. The molecule has 5 nitrogen and oxygen atoms in total. The van der Waals surface area contributed by atoms with Gasteiger partial charge in [-0.25, -0.2) is 0 Å². The van der Waals surface area contributed by atoms with Gasteiger partial charge < -0.3 is 20.6 Å². The molecule has 0 bridgehead atoms. The van der Waals surface area contributed by atoms with Gasteiger partial charge in [0.1, 0.15) is 0 Å². The van der Waals surface area contributed by atoms with Gasteiger partial charge in [-0.1, -0.05) is 6.92 Å². The van der Waals surface area contributed by atoms with Crippen molar-refractivity contribution in [1.29, 1.82) is 0 Å². The maximum Gasteiger partial charge on any atom is 0.329 e. The largest absolute Gasteiger partial charge is 0.367 e. The number of rotatable bonds is 5. The molecule has 0 saturated heterocycles. The highest BCUT2D eigenvalue weighted by Gasteiger charge is 2.31. The lowest BCUT2D eigenvalue weighted by Gasteiger charge is -2.37. The van der Waals surface area contributed by atoms with Crippen LogP contribution in [0.5, 0.6) is 0 Å². The summed E-state index contributed by atoms with van der Waals surface area (Å²) in [6.45, 7) is 2.16. The summed E-state index contributed by atoms with van der Waals surface area (Å²) in [6.07, 6.45) is 1.26. The third-order valence-electron chi connectivity index (χ3n) is 2.71. The first kappa shape index (κ1) is 12.3. The summed E-state index contributed by atoms with van der Waals surface area (Å²) in [7, 11) is -2.49. The van der Waals surface area contributed by atoms with E-state index in [-0.39, 0.29) is 12.5 Å². The van der Waals surface area contributed by atoms with E-state index < -0.39 is 14.9 Å². The summed E-state index contributed by atoms with van der Waals surface area (Å²) >= 11 is 0. The Kier molecular flexibility index (Phi) is 4.70. The molecule has 1 rings (SSSR count). The molecule has 1 fully saturated rings. The van der Waals surface area contributed by atoms with Crippen molar-refractivity contribution in [1.82, 2.24) is 0 Å². The highest BCUT2D eigenvalue weighted by atomic mass is 31.2. The summed E-state index contributed by atoms with van der Waals surface area (Å²) < 4.78 is 4.42. The van der Waals surface area contributed by atoms with Crippen LogP contribution < -0.4 is 5.73 Å². The molecule has 5 N–H and O–H groups in total. The normalized spacial score (nSPS) is 31.3. The van der Waals surface area contributed by atoms with Gasteiger partial charge in [0.2, 0.25) is 0 Å². The average molecular weight is 223 g/mol. The van der Waals surface area contributed by atoms with Crippen LogP contribution in [0, 0.1) is 11.8 Å². The van der Waals surface area contributed by atoms with Crippen LogP contribution in [0.25, 0.3) is 0 Å². The van der Waals surface area contributed by atoms with Gasteiger partial charge in [0.05, 0.1) is 0 Å². The molecule has 0 heterocycles. The zero-order chi connectivity index (χ0) is 10.7. The molecule has 0 aromatic carbocycles. The fraction of sp³-hybridized carbons (Fsp3) is 1.00. The smallest absolute Gasteiger partial charge is 0.329 e. The van der Waals surface area contributed by atoms with Gasteiger partial charge in [0, 0.05) is 12.5 Å². The van der Waals surface area contributed by atoms with E-state index in [1.807, 2.05) is 0 Å². The molecule has 2 atom stereocenters. The molecule has 1 aliphatic rings. The van der Waals surface area contributed by atoms with Gasteiger partial charge in [-0.3, -0.25) is 4.52 Å². The predicted octanol–water partition coefficient (Wildman–Crippen LogP) is 0.296. The van der Waals surface area contributed by atoms with Gasteiger partial charge in [-0.2, -0.15) is 0 Å². The lowest BCUT2D eigenvalue weighted by molar-refractivity contribution is -0.0425. The number of hydrogen-bond acceptors (Lipinski definition) is 5. The summed E-state index contributed by atoms with van der Waals surface area (Å²) in [5.41, 5.74) is 5.82. The Morgan fingerprint density at radius 2 is 2.07 bits per heavy atom. The molecule has 6 heteroatoms. The molecule has 14 heavy (non-hydrogen) atoms. The van der Waals surface area contributed by atoms with E-state index in [9.17, 15) is 5.11 Å². The van der Waals surface area contributed by atoms with Crippen LogP contribution in [0.2, 0.25) is 0 Å². The number of aliphatic hydroxyl groups excluding tert-OH is 1. The van der Waals surface area contributed by atoms with E-state index in [4.69, 9.17) is 15.5 Å². The van der Waals surface area contributed by atoms with Gasteiger partial charge in [0.15, 0.2) is 6.29 Å². The van der Waals surface area contributed by atoms with Crippen LogP contribution >= 0.6 is 8.60 Å². The Bertz CT molecular complexity index is 175. The molecule has 0 unspecified atom stereocenters. The summed E-state index contributed by atoms with van der Waals surface area (Å²) in [5, 5.41) is 9.22. The summed E-state index contributed by atoms with van der Waals surface area (Å²) in [5.74, 6) is 1.16. The van der Waals surface area contributed by atoms with E-state index in [1.165, 1.54) is 0 Å². The van der Waals surface area contributed by atoms with Crippen LogP contribution in [0.3, 0.4) is 0 Å². The van der Waals surface area contributed by atoms with Gasteiger partial charge in [0.25, 0.3) is 0 Å². The Hall–Kier alpha value is 0.230. The second-order valence-corrected chi connectivity index (χ2v) is 4.77. The van der Waals surface area contributed by atoms with Crippen LogP contribution in [0.1, 0.15) is 26.2 Å². The van der Waals surface area contributed by atoms with Crippen molar-refractivity contribution in [3.05, 3.63) is 0 Å². The lowest BCUT2D eigenvalue weighted by atomic mass is 9.71. The topological polar surface area (TPSA) is 95.9 Å². The van der Waals surface area contributed by atoms with Crippen molar-refractivity contribution in [3.63, 3.8) is 0 Å². The zero-order valence-electron chi connectivity index (χ0n) is 8.21. The van der Waals surface area contributed by atoms with Crippen molar-refractivity contribution in [3.8, 4) is 0 Å². The van der Waals surface area contributed by atoms with Crippen molar-refractivity contribution in [2.45, 2.75) is 38.5 Å². The van der Waals surface area contributed by atoms with E-state index in [2.05, 4.69) is 11.4 Å². The van der Waals surface area contributed by atoms with Crippen molar-refractivity contribution < 1.29 is 19.4 Å². The van der Waals surface area contributed by atoms with E-state index >= 15 is 0 Å². The van der Waals surface area contributed by atoms with Crippen LogP contribution in [-0.2, 0) is 4.52 Å². The molecule has 0 aromatic heterocycles. The first-order valence-electron chi connectivity index (χ1n) is 4.77. The first-order valence-corrected chi connectivity index (χ1v) is 5.94. The molecular formula is C8H18NO4P. The average Bonchev–Trinajstić information content (AvgIpc) is 1.96.